The predicted molar refractivity (Wildman–Crippen MR) is 78.6 cm³/mol. The highest BCUT2D eigenvalue weighted by Gasteiger charge is 2.41. The monoisotopic (exact) mass is 290 g/mol. The number of benzene rings is 1. The van der Waals surface area contributed by atoms with E-state index in [0.29, 0.717) is 13.0 Å². The summed E-state index contributed by atoms with van der Waals surface area (Å²) in [5.74, 6) is 1.04. The molecule has 114 valence electrons. The van der Waals surface area contributed by atoms with Gasteiger partial charge in [-0.1, -0.05) is 12.1 Å². The average Bonchev–Trinajstić information content (AvgIpc) is 2.88. The quantitative estimate of drug-likeness (QED) is 0.855. The maximum absolute atomic E-state index is 11.1. The second-order valence-corrected chi connectivity index (χ2v) is 6.09. The second-order valence-electron chi connectivity index (χ2n) is 6.09. The first-order chi connectivity index (χ1) is 10.2. The standard InChI is InChI=1S/C17H22O4/c1-13(18)10-14-2-4-15(5-3-14)21-16-6-8-20-17(11-16)7-9-19-12-17/h2-5,16H,6-12H2,1H3. The molecule has 3 rings (SSSR count). The molecular weight excluding hydrogens is 268 g/mol. The van der Waals surface area contributed by atoms with Gasteiger partial charge >= 0.3 is 0 Å². The largest absolute Gasteiger partial charge is 0.490 e. The molecule has 2 atom stereocenters. The molecule has 0 N–H and O–H groups in total. The topological polar surface area (TPSA) is 44.8 Å². The van der Waals surface area contributed by atoms with Crippen LogP contribution in [-0.4, -0.2) is 37.3 Å². The van der Waals surface area contributed by atoms with E-state index in [1.54, 1.807) is 6.92 Å². The number of carbonyl (C=O) groups is 1. The number of ether oxygens (including phenoxy) is 3. The maximum Gasteiger partial charge on any atom is 0.134 e. The molecule has 1 aromatic carbocycles. The number of ketones is 1. The lowest BCUT2D eigenvalue weighted by Gasteiger charge is -2.37. The molecule has 2 aliphatic rings. The van der Waals surface area contributed by atoms with Gasteiger partial charge in [-0.3, -0.25) is 4.79 Å². The Morgan fingerprint density at radius 2 is 2.14 bits per heavy atom. The molecule has 21 heavy (non-hydrogen) atoms. The van der Waals surface area contributed by atoms with Crippen LogP contribution in [0.5, 0.6) is 5.75 Å². The van der Waals surface area contributed by atoms with Crippen molar-refractivity contribution in [2.24, 2.45) is 0 Å². The molecular formula is C17H22O4. The minimum Gasteiger partial charge on any atom is -0.490 e. The molecule has 0 aliphatic carbocycles. The molecule has 4 heteroatoms. The number of hydrogen-bond donors (Lipinski definition) is 0. The molecule has 2 unspecified atom stereocenters. The van der Waals surface area contributed by atoms with Crippen LogP contribution >= 0.6 is 0 Å². The Morgan fingerprint density at radius 1 is 1.33 bits per heavy atom. The summed E-state index contributed by atoms with van der Waals surface area (Å²) in [6, 6.07) is 7.83. The first-order valence-electron chi connectivity index (χ1n) is 7.62. The van der Waals surface area contributed by atoms with E-state index < -0.39 is 0 Å². The van der Waals surface area contributed by atoms with E-state index in [4.69, 9.17) is 14.2 Å². The average molecular weight is 290 g/mol. The Labute approximate surface area is 125 Å². The Bertz CT molecular complexity index is 488. The van der Waals surface area contributed by atoms with Gasteiger partial charge in [0.05, 0.1) is 18.8 Å². The fraction of sp³-hybridized carbons (Fsp3) is 0.588. The van der Waals surface area contributed by atoms with Gasteiger partial charge in [0.15, 0.2) is 0 Å². The van der Waals surface area contributed by atoms with Crippen LogP contribution in [0.15, 0.2) is 24.3 Å². The number of rotatable bonds is 4. The molecule has 0 aromatic heterocycles. The van der Waals surface area contributed by atoms with Gasteiger partial charge in [-0.25, -0.2) is 0 Å². The predicted octanol–water partition coefficient (Wildman–Crippen LogP) is 2.54. The first-order valence-corrected chi connectivity index (χ1v) is 7.62. The van der Waals surface area contributed by atoms with E-state index >= 15 is 0 Å². The van der Waals surface area contributed by atoms with Gasteiger partial charge < -0.3 is 14.2 Å². The SMILES string of the molecule is CC(=O)Cc1ccc(OC2CCOC3(CCOC3)C2)cc1. The Kier molecular flexibility index (Phi) is 4.27. The molecule has 2 saturated heterocycles. The van der Waals surface area contributed by atoms with Crippen LogP contribution in [0.2, 0.25) is 0 Å². The van der Waals surface area contributed by atoms with Crippen LogP contribution in [0.3, 0.4) is 0 Å². The van der Waals surface area contributed by atoms with Crippen LogP contribution in [-0.2, 0) is 20.7 Å². The third-order valence-corrected chi connectivity index (χ3v) is 4.19. The zero-order valence-corrected chi connectivity index (χ0v) is 12.5. The van der Waals surface area contributed by atoms with Crippen molar-refractivity contribution in [2.45, 2.75) is 44.3 Å². The fourth-order valence-electron chi connectivity index (χ4n) is 3.11. The zero-order chi connectivity index (χ0) is 14.7. The van der Waals surface area contributed by atoms with E-state index in [9.17, 15) is 4.79 Å². The summed E-state index contributed by atoms with van der Waals surface area (Å²) in [6.45, 7) is 3.81. The van der Waals surface area contributed by atoms with Crippen LogP contribution < -0.4 is 4.74 Å². The normalized spacial score (nSPS) is 28.7. The van der Waals surface area contributed by atoms with Crippen molar-refractivity contribution in [1.82, 2.24) is 0 Å². The van der Waals surface area contributed by atoms with E-state index in [0.717, 1.165) is 43.8 Å². The molecule has 2 fully saturated rings. The van der Waals surface area contributed by atoms with Crippen LogP contribution in [0, 0.1) is 0 Å². The smallest absolute Gasteiger partial charge is 0.134 e. The fourth-order valence-corrected chi connectivity index (χ4v) is 3.11. The van der Waals surface area contributed by atoms with E-state index in [2.05, 4.69) is 0 Å². The highest BCUT2D eigenvalue weighted by Crippen LogP contribution is 2.34. The number of Topliss-reactive ketones (excluding diaryl/α,β-unsaturated/α-hetero) is 1. The Hall–Kier alpha value is -1.39. The van der Waals surface area contributed by atoms with Crippen LogP contribution in [0.4, 0.5) is 0 Å². The highest BCUT2D eigenvalue weighted by atomic mass is 16.6. The van der Waals surface area contributed by atoms with Gasteiger partial charge in [-0.2, -0.15) is 0 Å². The van der Waals surface area contributed by atoms with E-state index in [1.165, 1.54) is 0 Å². The van der Waals surface area contributed by atoms with Gasteiger partial charge in [0.2, 0.25) is 0 Å². The molecule has 4 nitrogen and oxygen atoms in total. The van der Waals surface area contributed by atoms with Gasteiger partial charge in [0, 0.05) is 32.3 Å². The highest BCUT2D eigenvalue weighted by molar-refractivity contribution is 5.78. The molecule has 0 bridgehead atoms. The van der Waals surface area contributed by atoms with Gasteiger partial charge in [0.25, 0.3) is 0 Å². The third-order valence-electron chi connectivity index (χ3n) is 4.19. The lowest BCUT2D eigenvalue weighted by Crippen LogP contribution is -2.44. The second kappa shape index (κ2) is 6.16. The molecule has 2 heterocycles. The summed E-state index contributed by atoms with van der Waals surface area (Å²) < 4.78 is 17.5. The van der Waals surface area contributed by atoms with Crippen molar-refractivity contribution >= 4 is 5.78 Å². The van der Waals surface area contributed by atoms with Crippen LogP contribution in [0.1, 0.15) is 31.7 Å². The van der Waals surface area contributed by atoms with Crippen molar-refractivity contribution in [3.8, 4) is 5.75 Å². The van der Waals surface area contributed by atoms with Crippen molar-refractivity contribution in [1.29, 1.82) is 0 Å². The first kappa shape index (κ1) is 14.5. The van der Waals surface area contributed by atoms with Gasteiger partial charge in [-0.05, 0) is 24.6 Å². The zero-order valence-electron chi connectivity index (χ0n) is 12.5. The summed E-state index contributed by atoms with van der Waals surface area (Å²) in [6.07, 6.45) is 3.43. The van der Waals surface area contributed by atoms with Crippen molar-refractivity contribution in [2.75, 3.05) is 19.8 Å². The Balaban J connectivity index is 1.59. The number of hydrogen-bond acceptors (Lipinski definition) is 4. The molecule has 1 spiro atoms. The maximum atomic E-state index is 11.1. The number of carbonyl (C=O) groups excluding carboxylic acids is 1. The molecule has 0 saturated carbocycles. The van der Waals surface area contributed by atoms with E-state index in [1.807, 2.05) is 24.3 Å². The minimum absolute atomic E-state index is 0.127. The van der Waals surface area contributed by atoms with Crippen molar-refractivity contribution < 1.29 is 19.0 Å². The molecule has 2 aliphatic heterocycles. The summed E-state index contributed by atoms with van der Waals surface area (Å²) >= 11 is 0. The third kappa shape index (κ3) is 3.63. The summed E-state index contributed by atoms with van der Waals surface area (Å²) in [5.41, 5.74) is 0.903. The lowest BCUT2D eigenvalue weighted by molar-refractivity contribution is -0.116. The summed E-state index contributed by atoms with van der Waals surface area (Å²) in [5, 5.41) is 0. The Morgan fingerprint density at radius 3 is 2.81 bits per heavy atom. The summed E-state index contributed by atoms with van der Waals surface area (Å²) in [4.78, 5) is 11.1. The van der Waals surface area contributed by atoms with Crippen molar-refractivity contribution in [3.05, 3.63) is 29.8 Å². The van der Waals surface area contributed by atoms with Gasteiger partial charge in [0.1, 0.15) is 17.6 Å². The van der Waals surface area contributed by atoms with Gasteiger partial charge in [-0.15, -0.1) is 0 Å². The minimum atomic E-state index is -0.127. The molecule has 1 aromatic rings. The van der Waals surface area contributed by atoms with Crippen molar-refractivity contribution in [3.63, 3.8) is 0 Å². The lowest BCUT2D eigenvalue weighted by atomic mass is 9.91. The van der Waals surface area contributed by atoms with E-state index in [-0.39, 0.29) is 17.5 Å². The van der Waals surface area contributed by atoms with Crippen LogP contribution in [0.25, 0.3) is 0 Å². The summed E-state index contributed by atoms with van der Waals surface area (Å²) in [7, 11) is 0. The molecule has 0 radical (unpaired) electrons. The molecule has 0 amide bonds.